The zero-order chi connectivity index (χ0) is 19.2. The number of nitrogens with one attached hydrogen (secondary N) is 1. The van der Waals surface area contributed by atoms with Gasteiger partial charge in [0, 0.05) is 25.8 Å². The number of benzene rings is 2. The van der Waals surface area contributed by atoms with Gasteiger partial charge >= 0.3 is 0 Å². The van der Waals surface area contributed by atoms with E-state index in [0.717, 1.165) is 16.2 Å². The summed E-state index contributed by atoms with van der Waals surface area (Å²) in [5.41, 5.74) is 1.52. The second-order valence-electron chi connectivity index (χ2n) is 6.12. The molecule has 140 valence electrons. The van der Waals surface area contributed by atoms with Crippen molar-refractivity contribution in [2.75, 3.05) is 35.6 Å². The Morgan fingerprint density at radius 2 is 1.50 bits per heavy atom. The van der Waals surface area contributed by atoms with Gasteiger partial charge in [0.25, 0.3) is 0 Å². The van der Waals surface area contributed by atoms with Crippen molar-refractivity contribution < 1.29 is 13.2 Å². The van der Waals surface area contributed by atoms with Crippen LogP contribution in [0.5, 0.6) is 0 Å². The number of para-hydroxylation sites is 2. The first-order chi connectivity index (χ1) is 12.3. The molecule has 0 radical (unpaired) electrons. The summed E-state index contributed by atoms with van der Waals surface area (Å²) in [7, 11) is -1.64. The predicted molar refractivity (Wildman–Crippen MR) is 106 cm³/mol. The summed E-state index contributed by atoms with van der Waals surface area (Å²) in [6.07, 6.45) is 1.10. The van der Waals surface area contributed by atoms with Crippen LogP contribution in [-0.2, 0) is 14.8 Å². The summed E-state index contributed by atoms with van der Waals surface area (Å²) in [5.74, 6) is -0.333. The number of carbonyl (C=O) groups is 1. The molecular formula is C19H25N3O3S. The molecule has 7 heteroatoms. The molecule has 0 bridgehead atoms. The van der Waals surface area contributed by atoms with Crippen LogP contribution in [-0.4, -0.2) is 46.8 Å². The fourth-order valence-electron chi connectivity index (χ4n) is 2.69. The number of nitrogens with zero attached hydrogens (tertiary/aromatic N) is 2. The minimum absolute atomic E-state index is 0.333. The fraction of sp³-hybridized carbons (Fsp3) is 0.316. The standard InChI is InChI=1S/C19H25N3O3S/c1-16(22(26(3,24)25)18-12-8-5-9-13-18)19(23)20-14-15-21(2)17-10-6-4-7-11-17/h4-13,16H,14-15H2,1-3H3,(H,20,23). The van der Waals surface area contributed by atoms with E-state index >= 15 is 0 Å². The third-order valence-corrected chi connectivity index (χ3v) is 5.28. The summed E-state index contributed by atoms with van der Waals surface area (Å²) < 4.78 is 25.5. The highest BCUT2D eigenvalue weighted by molar-refractivity contribution is 7.92. The Bertz CT molecular complexity index is 810. The van der Waals surface area contributed by atoms with Gasteiger partial charge in [0.1, 0.15) is 6.04 Å². The van der Waals surface area contributed by atoms with Crippen LogP contribution in [0.1, 0.15) is 6.92 Å². The number of hydrogen-bond acceptors (Lipinski definition) is 4. The van der Waals surface area contributed by atoms with Gasteiger partial charge in [-0.1, -0.05) is 36.4 Å². The number of anilines is 2. The molecule has 0 aromatic heterocycles. The van der Waals surface area contributed by atoms with Gasteiger partial charge in [0.2, 0.25) is 15.9 Å². The molecule has 26 heavy (non-hydrogen) atoms. The average molecular weight is 375 g/mol. The van der Waals surface area contributed by atoms with E-state index in [0.29, 0.717) is 18.8 Å². The molecule has 0 fully saturated rings. The van der Waals surface area contributed by atoms with E-state index in [1.165, 1.54) is 0 Å². The molecule has 0 aliphatic heterocycles. The number of carbonyl (C=O) groups excluding carboxylic acids is 1. The highest BCUT2D eigenvalue weighted by Gasteiger charge is 2.28. The van der Waals surface area contributed by atoms with Crippen LogP contribution in [0.15, 0.2) is 60.7 Å². The molecule has 1 atom stereocenters. The molecule has 0 spiro atoms. The lowest BCUT2D eigenvalue weighted by atomic mass is 10.2. The van der Waals surface area contributed by atoms with Crippen LogP contribution in [0.3, 0.4) is 0 Å². The summed E-state index contributed by atoms with van der Waals surface area (Å²) in [5, 5.41) is 2.82. The molecule has 0 saturated heterocycles. The van der Waals surface area contributed by atoms with Crippen molar-refractivity contribution in [3.63, 3.8) is 0 Å². The van der Waals surface area contributed by atoms with Gasteiger partial charge in [-0.05, 0) is 31.2 Å². The topological polar surface area (TPSA) is 69.7 Å². The number of likely N-dealkylation sites (N-methyl/N-ethyl adjacent to an activating group) is 1. The van der Waals surface area contributed by atoms with Crippen molar-refractivity contribution in [2.45, 2.75) is 13.0 Å². The zero-order valence-electron chi connectivity index (χ0n) is 15.3. The third kappa shape index (κ3) is 5.23. The van der Waals surface area contributed by atoms with Crippen LogP contribution >= 0.6 is 0 Å². The molecule has 0 saturated carbocycles. The molecule has 1 unspecified atom stereocenters. The first-order valence-electron chi connectivity index (χ1n) is 8.39. The van der Waals surface area contributed by atoms with Crippen molar-refractivity contribution in [2.24, 2.45) is 0 Å². The van der Waals surface area contributed by atoms with Crippen LogP contribution in [0, 0.1) is 0 Å². The van der Waals surface area contributed by atoms with Gasteiger partial charge in [-0.2, -0.15) is 0 Å². The molecule has 0 heterocycles. The van der Waals surface area contributed by atoms with Gasteiger partial charge in [0.05, 0.1) is 11.9 Å². The summed E-state index contributed by atoms with van der Waals surface area (Å²) >= 11 is 0. The number of hydrogen-bond donors (Lipinski definition) is 1. The molecule has 0 aliphatic rings. The van der Waals surface area contributed by atoms with E-state index in [4.69, 9.17) is 0 Å². The second kappa shape index (κ2) is 8.71. The Kier molecular flexibility index (Phi) is 6.63. The maximum absolute atomic E-state index is 12.5. The van der Waals surface area contributed by atoms with Crippen molar-refractivity contribution in [3.8, 4) is 0 Å². The molecule has 0 aliphatic carbocycles. The molecule has 2 aromatic rings. The fourth-order valence-corrected chi connectivity index (χ4v) is 3.86. The van der Waals surface area contributed by atoms with Gasteiger partial charge in [0.15, 0.2) is 0 Å². The largest absolute Gasteiger partial charge is 0.373 e. The maximum atomic E-state index is 12.5. The van der Waals surface area contributed by atoms with Crippen molar-refractivity contribution >= 4 is 27.3 Å². The van der Waals surface area contributed by atoms with E-state index in [1.54, 1.807) is 37.3 Å². The molecule has 2 aromatic carbocycles. The SMILES string of the molecule is CC(C(=O)NCCN(C)c1ccccc1)N(c1ccccc1)S(C)(=O)=O. The molecule has 1 amide bonds. The van der Waals surface area contributed by atoms with Gasteiger partial charge < -0.3 is 10.2 Å². The number of sulfonamides is 1. The van der Waals surface area contributed by atoms with Gasteiger partial charge in [-0.25, -0.2) is 8.42 Å². The van der Waals surface area contributed by atoms with Crippen molar-refractivity contribution in [1.82, 2.24) is 5.32 Å². The minimum Gasteiger partial charge on any atom is -0.373 e. The van der Waals surface area contributed by atoms with Crippen LogP contribution in [0.4, 0.5) is 11.4 Å². The van der Waals surface area contributed by atoms with Crippen molar-refractivity contribution in [1.29, 1.82) is 0 Å². The first kappa shape index (κ1) is 19.8. The van der Waals surface area contributed by atoms with Gasteiger partial charge in [-0.15, -0.1) is 0 Å². The lowest BCUT2D eigenvalue weighted by Gasteiger charge is -2.28. The summed E-state index contributed by atoms with van der Waals surface area (Å²) in [6, 6.07) is 17.6. The smallest absolute Gasteiger partial charge is 0.243 e. The number of rotatable bonds is 8. The summed E-state index contributed by atoms with van der Waals surface area (Å²) in [6.45, 7) is 2.62. The van der Waals surface area contributed by atoms with Crippen LogP contribution < -0.4 is 14.5 Å². The number of amides is 1. The summed E-state index contributed by atoms with van der Waals surface area (Å²) in [4.78, 5) is 14.5. The lowest BCUT2D eigenvalue weighted by molar-refractivity contribution is -0.121. The Morgan fingerprint density at radius 3 is 2.00 bits per heavy atom. The molecule has 6 nitrogen and oxygen atoms in total. The second-order valence-corrected chi connectivity index (χ2v) is 7.98. The lowest BCUT2D eigenvalue weighted by Crippen LogP contribution is -2.49. The van der Waals surface area contributed by atoms with E-state index in [9.17, 15) is 13.2 Å². The monoisotopic (exact) mass is 375 g/mol. The molecule has 2 rings (SSSR count). The first-order valence-corrected chi connectivity index (χ1v) is 10.2. The highest BCUT2D eigenvalue weighted by atomic mass is 32.2. The van der Waals surface area contributed by atoms with E-state index in [-0.39, 0.29) is 5.91 Å². The Balaban J connectivity index is 1.99. The normalized spacial score (nSPS) is 12.3. The maximum Gasteiger partial charge on any atom is 0.243 e. The van der Waals surface area contributed by atoms with Crippen LogP contribution in [0.25, 0.3) is 0 Å². The molecular weight excluding hydrogens is 350 g/mol. The van der Waals surface area contributed by atoms with Crippen LogP contribution in [0.2, 0.25) is 0 Å². The van der Waals surface area contributed by atoms with Crippen molar-refractivity contribution in [3.05, 3.63) is 60.7 Å². The molecule has 1 N–H and O–H groups in total. The highest BCUT2D eigenvalue weighted by Crippen LogP contribution is 2.20. The Hall–Kier alpha value is -2.54. The quantitative estimate of drug-likeness (QED) is 0.767. The van der Waals surface area contributed by atoms with E-state index < -0.39 is 16.1 Å². The zero-order valence-corrected chi connectivity index (χ0v) is 16.1. The average Bonchev–Trinajstić information content (AvgIpc) is 2.62. The van der Waals surface area contributed by atoms with E-state index in [2.05, 4.69) is 5.32 Å². The van der Waals surface area contributed by atoms with Gasteiger partial charge in [-0.3, -0.25) is 9.10 Å². The third-order valence-electron chi connectivity index (χ3n) is 4.04. The minimum atomic E-state index is -3.58. The van der Waals surface area contributed by atoms with E-state index in [1.807, 2.05) is 42.3 Å². The Morgan fingerprint density at radius 1 is 1.00 bits per heavy atom. The Labute approximate surface area is 155 Å². The predicted octanol–water partition coefficient (Wildman–Crippen LogP) is 2.09.